The van der Waals surface area contributed by atoms with Gasteiger partial charge in [0.05, 0.1) is 17.2 Å². The van der Waals surface area contributed by atoms with Gasteiger partial charge in [-0.2, -0.15) is 5.26 Å². The Morgan fingerprint density at radius 3 is 2.74 bits per heavy atom. The number of hydrogen-bond donors (Lipinski definition) is 0. The molecule has 0 fully saturated rings. The molecule has 5 heteroatoms. The molecule has 0 unspecified atom stereocenters. The molecular weight excluding hydrogens is 240 g/mol. The van der Waals surface area contributed by atoms with Gasteiger partial charge >= 0.3 is 0 Å². The molecule has 1 aromatic heterocycles. The number of rotatable bonds is 4. The molecule has 0 N–H and O–H groups in total. The fraction of sp³-hybridized carbons (Fsp3) is 0.143. The van der Waals surface area contributed by atoms with Gasteiger partial charge in [0.15, 0.2) is 6.29 Å². The van der Waals surface area contributed by atoms with Gasteiger partial charge in [-0.25, -0.2) is 9.97 Å². The average Bonchev–Trinajstić information content (AvgIpc) is 2.47. The Kier molecular flexibility index (Phi) is 3.84. The van der Waals surface area contributed by atoms with Crippen LogP contribution in [0.1, 0.15) is 21.5 Å². The van der Waals surface area contributed by atoms with Gasteiger partial charge in [0.25, 0.3) is 0 Å². The van der Waals surface area contributed by atoms with Gasteiger partial charge in [0, 0.05) is 26.0 Å². The molecule has 5 nitrogen and oxygen atoms in total. The van der Waals surface area contributed by atoms with E-state index in [2.05, 4.69) is 16.0 Å². The van der Waals surface area contributed by atoms with Crippen LogP contribution >= 0.6 is 0 Å². The van der Waals surface area contributed by atoms with Crippen LogP contribution in [-0.4, -0.2) is 23.3 Å². The van der Waals surface area contributed by atoms with Crippen molar-refractivity contribution in [1.82, 2.24) is 9.97 Å². The van der Waals surface area contributed by atoms with E-state index in [1.165, 1.54) is 12.4 Å². The highest BCUT2D eigenvalue weighted by Crippen LogP contribution is 2.11. The molecule has 0 saturated heterocycles. The lowest BCUT2D eigenvalue weighted by molar-refractivity contribution is 0.112. The first-order valence-corrected chi connectivity index (χ1v) is 5.70. The first-order valence-electron chi connectivity index (χ1n) is 5.70. The SMILES string of the molecule is CN(Cc1cccc(C#N)c1)c1ncc(C=O)cn1. The molecule has 19 heavy (non-hydrogen) atoms. The van der Waals surface area contributed by atoms with Crippen LogP contribution in [0.2, 0.25) is 0 Å². The number of anilines is 1. The van der Waals surface area contributed by atoms with Crippen molar-refractivity contribution in [2.75, 3.05) is 11.9 Å². The summed E-state index contributed by atoms with van der Waals surface area (Å²) >= 11 is 0. The third-order valence-corrected chi connectivity index (χ3v) is 2.61. The van der Waals surface area contributed by atoms with E-state index in [1.54, 1.807) is 6.07 Å². The minimum Gasteiger partial charge on any atom is -0.340 e. The van der Waals surface area contributed by atoms with E-state index in [-0.39, 0.29) is 0 Å². The number of hydrogen-bond acceptors (Lipinski definition) is 5. The summed E-state index contributed by atoms with van der Waals surface area (Å²) in [4.78, 5) is 20.6. The Labute approximate surface area is 111 Å². The average molecular weight is 252 g/mol. The van der Waals surface area contributed by atoms with E-state index in [1.807, 2.05) is 30.1 Å². The molecule has 0 bridgehead atoms. The molecule has 0 aliphatic carbocycles. The Morgan fingerprint density at radius 1 is 1.37 bits per heavy atom. The first kappa shape index (κ1) is 12.7. The predicted molar refractivity (Wildman–Crippen MR) is 70.7 cm³/mol. The van der Waals surface area contributed by atoms with Crippen molar-refractivity contribution < 1.29 is 4.79 Å². The lowest BCUT2D eigenvalue weighted by Crippen LogP contribution is -2.19. The highest BCUT2D eigenvalue weighted by molar-refractivity contribution is 5.73. The monoisotopic (exact) mass is 252 g/mol. The van der Waals surface area contributed by atoms with Crippen LogP contribution in [-0.2, 0) is 6.54 Å². The van der Waals surface area contributed by atoms with Gasteiger partial charge in [-0.1, -0.05) is 12.1 Å². The third kappa shape index (κ3) is 3.13. The van der Waals surface area contributed by atoms with Crippen LogP contribution in [0.3, 0.4) is 0 Å². The summed E-state index contributed by atoms with van der Waals surface area (Å²) < 4.78 is 0. The maximum Gasteiger partial charge on any atom is 0.225 e. The molecule has 1 heterocycles. The minimum absolute atomic E-state index is 0.448. The van der Waals surface area contributed by atoms with Crippen molar-refractivity contribution in [3.05, 3.63) is 53.3 Å². The Morgan fingerprint density at radius 2 is 2.11 bits per heavy atom. The van der Waals surface area contributed by atoms with Gasteiger partial charge < -0.3 is 4.90 Å². The summed E-state index contributed by atoms with van der Waals surface area (Å²) in [6, 6.07) is 9.49. The number of carbonyl (C=O) groups excluding carboxylic acids is 1. The minimum atomic E-state index is 0.448. The number of aldehydes is 1. The van der Waals surface area contributed by atoms with Crippen LogP contribution in [0, 0.1) is 11.3 Å². The maximum absolute atomic E-state index is 10.5. The highest BCUT2D eigenvalue weighted by atomic mass is 16.1. The molecule has 0 spiro atoms. The Hall–Kier alpha value is -2.74. The van der Waals surface area contributed by atoms with E-state index in [4.69, 9.17) is 5.26 Å². The van der Waals surface area contributed by atoms with Gasteiger partial charge in [0.2, 0.25) is 5.95 Å². The molecule has 1 aromatic carbocycles. The number of carbonyl (C=O) groups is 1. The summed E-state index contributed by atoms with van der Waals surface area (Å²) in [6.07, 6.45) is 3.68. The number of nitriles is 1. The quantitative estimate of drug-likeness (QED) is 0.776. The lowest BCUT2D eigenvalue weighted by Gasteiger charge is -2.16. The maximum atomic E-state index is 10.5. The second-order valence-corrected chi connectivity index (χ2v) is 4.10. The van der Waals surface area contributed by atoms with Crippen LogP contribution < -0.4 is 4.90 Å². The van der Waals surface area contributed by atoms with Crippen LogP contribution in [0.4, 0.5) is 5.95 Å². The Bertz CT molecular complexity index is 616. The van der Waals surface area contributed by atoms with E-state index >= 15 is 0 Å². The summed E-state index contributed by atoms with van der Waals surface area (Å²) in [6.45, 7) is 0.593. The van der Waals surface area contributed by atoms with Gasteiger partial charge in [-0.3, -0.25) is 4.79 Å². The summed E-state index contributed by atoms with van der Waals surface area (Å²) in [7, 11) is 1.86. The van der Waals surface area contributed by atoms with Gasteiger partial charge in [0.1, 0.15) is 0 Å². The van der Waals surface area contributed by atoms with Crippen LogP contribution in [0.25, 0.3) is 0 Å². The number of benzene rings is 1. The van der Waals surface area contributed by atoms with Crippen molar-refractivity contribution in [3.63, 3.8) is 0 Å². The largest absolute Gasteiger partial charge is 0.340 e. The summed E-state index contributed by atoms with van der Waals surface area (Å²) in [5.41, 5.74) is 2.08. The van der Waals surface area contributed by atoms with E-state index < -0.39 is 0 Å². The summed E-state index contributed by atoms with van der Waals surface area (Å²) in [5, 5.41) is 8.85. The molecule has 2 aromatic rings. The van der Waals surface area contributed by atoms with Crippen molar-refractivity contribution in [2.45, 2.75) is 6.54 Å². The van der Waals surface area contributed by atoms with Crippen molar-refractivity contribution in [2.24, 2.45) is 0 Å². The normalized spacial score (nSPS) is 9.68. The van der Waals surface area contributed by atoms with Crippen molar-refractivity contribution >= 4 is 12.2 Å². The lowest BCUT2D eigenvalue weighted by atomic mass is 10.1. The summed E-state index contributed by atoms with van der Waals surface area (Å²) in [5.74, 6) is 0.535. The molecule has 94 valence electrons. The molecule has 0 aliphatic rings. The second-order valence-electron chi connectivity index (χ2n) is 4.10. The molecule has 0 aliphatic heterocycles. The Balaban J connectivity index is 2.13. The van der Waals surface area contributed by atoms with E-state index in [0.717, 1.165) is 5.56 Å². The molecule has 0 amide bonds. The number of nitrogens with zero attached hydrogens (tertiary/aromatic N) is 4. The zero-order chi connectivity index (χ0) is 13.7. The standard InChI is InChI=1S/C14H12N4O/c1-18(14-16-7-13(10-19)8-17-14)9-12-4-2-3-11(5-12)6-15/h2-5,7-8,10H,9H2,1H3. The zero-order valence-corrected chi connectivity index (χ0v) is 10.4. The van der Waals surface area contributed by atoms with Gasteiger partial charge in [-0.15, -0.1) is 0 Å². The van der Waals surface area contributed by atoms with Crippen molar-refractivity contribution in [1.29, 1.82) is 5.26 Å². The van der Waals surface area contributed by atoms with E-state index in [9.17, 15) is 4.79 Å². The topological polar surface area (TPSA) is 69.9 Å². The highest BCUT2D eigenvalue weighted by Gasteiger charge is 2.05. The molecule has 0 saturated carbocycles. The van der Waals surface area contributed by atoms with Crippen molar-refractivity contribution in [3.8, 4) is 6.07 Å². The molecular formula is C14H12N4O. The molecule has 0 radical (unpaired) electrons. The van der Waals surface area contributed by atoms with Gasteiger partial charge in [-0.05, 0) is 17.7 Å². The zero-order valence-electron chi connectivity index (χ0n) is 10.4. The van der Waals surface area contributed by atoms with E-state index in [0.29, 0.717) is 29.9 Å². The van der Waals surface area contributed by atoms with Crippen LogP contribution in [0.5, 0.6) is 0 Å². The smallest absolute Gasteiger partial charge is 0.225 e. The van der Waals surface area contributed by atoms with Crippen LogP contribution in [0.15, 0.2) is 36.7 Å². The second kappa shape index (κ2) is 5.74. The fourth-order valence-corrected chi connectivity index (χ4v) is 1.67. The first-order chi connectivity index (χ1) is 9.22. The predicted octanol–water partition coefficient (Wildman–Crippen LogP) is 1.80. The molecule has 0 atom stereocenters. The number of aromatic nitrogens is 2. The molecule has 2 rings (SSSR count). The fourth-order valence-electron chi connectivity index (χ4n) is 1.67. The third-order valence-electron chi connectivity index (χ3n) is 2.61.